The second kappa shape index (κ2) is 5.95. The van der Waals surface area contributed by atoms with Crippen molar-refractivity contribution in [3.05, 3.63) is 33.7 Å². The summed E-state index contributed by atoms with van der Waals surface area (Å²) in [4.78, 5) is 1.16. The van der Waals surface area contributed by atoms with Crippen LogP contribution in [0.15, 0.2) is 37.4 Å². The average molecular weight is 330 g/mol. The molecule has 1 aromatic heterocycles. The lowest BCUT2D eigenvalue weighted by atomic mass is 10.1. The molecular weight excluding hydrogens is 318 g/mol. The van der Waals surface area contributed by atoms with Gasteiger partial charge in [0.1, 0.15) is 5.51 Å². The van der Waals surface area contributed by atoms with E-state index >= 15 is 0 Å². The maximum absolute atomic E-state index is 4.02. The van der Waals surface area contributed by atoms with Gasteiger partial charge in [-0.05, 0) is 47.6 Å². The van der Waals surface area contributed by atoms with Gasteiger partial charge in [0.2, 0.25) is 0 Å². The SMILES string of the molecule is CNC(C)c1ccc(Sc2nncs2)c(Br)c1. The summed E-state index contributed by atoms with van der Waals surface area (Å²) in [5.41, 5.74) is 3.01. The van der Waals surface area contributed by atoms with Crippen molar-refractivity contribution in [2.75, 3.05) is 7.05 Å². The van der Waals surface area contributed by atoms with Crippen molar-refractivity contribution >= 4 is 39.0 Å². The Labute approximate surface area is 117 Å². The molecule has 0 saturated heterocycles. The van der Waals surface area contributed by atoms with E-state index in [9.17, 15) is 0 Å². The van der Waals surface area contributed by atoms with Crippen LogP contribution in [0.1, 0.15) is 18.5 Å². The number of nitrogens with zero attached hydrogens (tertiary/aromatic N) is 2. The monoisotopic (exact) mass is 329 g/mol. The van der Waals surface area contributed by atoms with Gasteiger partial charge in [0.25, 0.3) is 0 Å². The third-order valence-electron chi connectivity index (χ3n) is 2.43. The summed E-state index contributed by atoms with van der Waals surface area (Å²) < 4.78 is 2.05. The van der Waals surface area contributed by atoms with Gasteiger partial charge in [0.05, 0.1) is 0 Å². The molecule has 1 aromatic carbocycles. The van der Waals surface area contributed by atoms with Crippen LogP contribution in [0.25, 0.3) is 0 Å². The minimum Gasteiger partial charge on any atom is -0.313 e. The van der Waals surface area contributed by atoms with Gasteiger partial charge >= 0.3 is 0 Å². The van der Waals surface area contributed by atoms with E-state index in [4.69, 9.17) is 0 Å². The highest BCUT2D eigenvalue weighted by Crippen LogP contribution is 2.35. The Hall–Kier alpha value is -0.430. The van der Waals surface area contributed by atoms with Gasteiger partial charge in [-0.25, -0.2) is 0 Å². The van der Waals surface area contributed by atoms with Crippen molar-refractivity contribution in [3.63, 3.8) is 0 Å². The van der Waals surface area contributed by atoms with Gasteiger partial charge in [-0.2, -0.15) is 0 Å². The van der Waals surface area contributed by atoms with E-state index in [2.05, 4.69) is 56.6 Å². The Balaban J connectivity index is 2.20. The quantitative estimate of drug-likeness (QED) is 0.927. The summed E-state index contributed by atoms with van der Waals surface area (Å²) in [6.07, 6.45) is 0. The summed E-state index contributed by atoms with van der Waals surface area (Å²) >= 11 is 6.77. The molecule has 0 radical (unpaired) electrons. The molecule has 0 amide bonds. The Morgan fingerprint density at radius 3 is 2.88 bits per heavy atom. The molecule has 0 saturated carbocycles. The standard InChI is InChI=1S/C11H12BrN3S2/c1-7(13-2)8-3-4-10(9(12)5-8)17-11-15-14-6-16-11/h3-7,13H,1-2H3. The smallest absolute Gasteiger partial charge is 0.178 e. The Morgan fingerprint density at radius 1 is 1.47 bits per heavy atom. The fourth-order valence-electron chi connectivity index (χ4n) is 1.34. The summed E-state index contributed by atoms with van der Waals surface area (Å²) in [5.74, 6) is 0. The van der Waals surface area contributed by atoms with Crippen LogP contribution in [0.5, 0.6) is 0 Å². The van der Waals surface area contributed by atoms with Crippen molar-refractivity contribution in [1.29, 1.82) is 0 Å². The van der Waals surface area contributed by atoms with Crippen molar-refractivity contribution in [1.82, 2.24) is 15.5 Å². The summed E-state index contributed by atoms with van der Waals surface area (Å²) in [6, 6.07) is 6.74. The molecule has 2 rings (SSSR count). The van der Waals surface area contributed by atoms with Gasteiger partial charge in [-0.1, -0.05) is 29.2 Å². The van der Waals surface area contributed by atoms with Crippen molar-refractivity contribution in [3.8, 4) is 0 Å². The lowest BCUT2D eigenvalue weighted by Crippen LogP contribution is -2.12. The fourth-order valence-corrected chi connectivity index (χ4v) is 3.41. The second-order valence-corrected chi connectivity index (χ2v) is 6.48. The van der Waals surface area contributed by atoms with Gasteiger partial charge in [-0.15, -0.1) is 10.2 Å². The molecule has 1 heterocycles. The highest BCUT2D eigenvalue weighted by molar-refractivity contribution is 9.10. The first-order valence-electron chi connectivity index (χ1n) is 5.11. The highest BCUT2D eigenvalue weighted by atomic mass is 79.9. The Kier molecular flexibility index (Phi) is 4.55. The lowest BCUT2D eigenvalue weighted by molar-refractivity contribution is 0.651. The number of benzene rings is 1. The van der Waals surface area contributed by atoms with E-state index in [0.717, 1.165) is 13.7 Å². The molecule has 3 nitrogen and oxygen atoms in total. The van der Waals surface area contributed by atoms with Gasteiger partial charge in [-0.3, -0.25) is 0 Å². The van der Waals surface area contributed by atoms with Gasteiger partial charge in [0, 0.05) is 15.4 Å². The van der Waals surface area contributed by atoms with Crippen LogP contribution in [-0.2, 0) is 0 Å². The van der Waals surface area contributed by atoms with Crippen LogP contribution in [0.2, 0.25) is 0 Å². The first-order chi connectivity index (χ1) is 8.20. The van der Waals surface area contributed by atoms with E-state index in [-0.39, 0.29) is 0 Å². The lowest BCUT2D eigenvalue weighted by Gasteiger charge is -2.12. The number of halogens is 1. The summed E-state index contributed by atoms with van der Waals surface area (Å²) in [7, 11) is 1.96. The first-order valence-corrected chi connectivity index (χ1v) is 7.60. The maximum Gasteiger partial charge on any atom is 0.178 e. The molecule has 0 bridgehead atoms. The molecule has 0 fully saturated rings. The molecule has 6 heteroatoms. The Bertz CT molecular complexity index is 487. The number of nitrogens with one attached hydrogen (secondary N) is 1. The van der Waals surface area contributed by atoms with Crippen LogP contribution in [0, 0.1) is 0 Å². The predicted molar refractivity (Wildman–Crippen MR) is 75.6 cm³/mol. The predicted octanol–water partition coefficient (Wildman–Crippen LogP) is 3.73. The first kappa shape index (κ1) is 13.0. The maximum atomic E-state index is 4.02. The third-order valence-corrected chi connectivity index (χ3v) is 5.20. The van der Waals surface area contributed by atoms with Crippen LogP contribution in [0.3, 0.4) is 0 Å². The van der Waals surface area contributed by atoms with E-state index in [1.54, 1.807) is 28.6 Å². The van der Waals surface area contributed by atoms with E-state index in [1.807, 2.05) is 7.05 Å². The van der Waals surface area contributed by atoms with Crippen LogP contribution < -0.4 is 5.32 Å². The molecule has 0 spiro atoms. The molecule has 1 unspecified atom stereocenters. The molecule has 0 aliphatic heterocycles. The molecule has 0 aliphatic carbocycles. The number of hydrogen-bond donors (Lipinski definition) is 1. The van der Waals surface area contributed by atoms with Crippen LogP contribution >= 0.6 is 39.0 Å². The molecule has 90 valence electrons. The van der Waals surface area contributed by atoms with Crippen LogP contribution in [-0.4, -0.2) is 17.2 Å². The normalized spacial score (nSPS) is 12.6. The highest BCUT2D eigenvalue weighted by Gasteiger charge is 2.08. The molecule has 1 N–H and O–H groups in total. The number of aromatic nitrogens is 2. The number of hydrogen-bond acceptors (Lipinski definition) is 5. The minimum absolute atomic E-state index is 0.354. The molecule has 0 aliphatic rings. The Morgan fingerprint density at radius 2 is 2.29 bits per heavy atom. The van der Waals surface area contributed by atoms with E-state index < -0.39 is 0 Å². The zero-order chi connectivity index (χ0) is 12.3. The molecule has 2 aromatic rings. The summed E-state index contributed by atoms with van der Waals surface area (Å²) in [6.45, 7) is 2.14. The van der Waals surface area contributed by atoms with E-state index in [1.165, 1.54) is 5.56 Å². The van der Waals surface area contributed by atoms with Crippen LogP contribution in [0.4, 0.5) is 0 Å². The minimum atomic E-state index is 0.354. The fraction of sp³-hybridized carbons (Fsp3) is 0.273. The zero-order valence-corrected chi connectivity index (χ0v) is 12.7. The summed E-state index contributed by atoms with van der Waals surface area (Å²) in [5, 5.41) is 11.1. The van der Waals surface area contributed by atoms with E-state index in [0.29, 0.717) is 6.04 Å². The van der Waals surface area contributed by atoms with Gasteiger partial charge in [0.15, 0.2) is 4.34 Å². The second-order valence-electron chi connectivity index (χ2n) is 3.51. The van der Waals surface area contributed by atoms with Gasteiger partial charge < -0.3 is 5.32 Å². The third kappa shape index (κ3) is 3.28. The van der Waals surface area contributed by atoms with Crippen molar-refractivity contribution in [2.24, 2.45) is 0 Å². The number of rotatable bonds is 4. The average Bonchev–Trinajstić information content (AvgIpc) is 2.83. The zero-order valence-electron chi connectivity index (χ0n) is 9.48. The largest absolute Gasteiger partial charge is 0.313 e. The molecule has 17 heavy (non-hydrogen) atoms. The topological polar surface area (TPSA) is 37.8 Å². The van der Waals surface area contributed by atoms with Crippen molar-refractivity contribution in [2.45, 2.75) is 22.2 Å². The molecular formula is C11H12BrN3S2. The van der Waals surface area contributed by atoms with Crippen molar-refractivity contribution < 1.29 is 0 Å². The molecule has 1 atom stereocenters.